The van der Waals surface area contributed by atoms with Crippen LogP contribution in [-0.4, -0.2) is 46.1 Å². The van der Waals surface area contributed by atoms with Crippen LogP contribution in [0.1, 0.15) is 337 Å². The molecule has 0 nitrogen and oxygen atoms in total. The van der Waals surface area contributed by atoms with Gasteiger partial charge in [0.15, 0.2) is 0 Å². The first-order valence-electron chi connectivity index (χ1n) is 30.4. The molecule has 0 aliphatic heterocycles. The quantitative estimate of drug-likeness (QED) is 0.0324. The van der Waals surface area contributed by atoms with Crippen LogP contribution >= 0.6 is 46.4 Å². The van der Waals surface area contributed by atoms with Gasteiger partial charge >= 0.3 is 0 Å². The first-order valence-corrected chi connectivity index (χ1v) is 37.1. The van der Waals surface area contributed by atoms with E-state index in [0.717, 1.165) is 9.14 Å². The lowest BCUT2D eigenvalue weighted by Gasteiger charge is -2.33. The highest BCUT2D eigenvalue weighted by Gasteiger charge is 2.43. The Bertz CT molecular complexity index is 728. The van der Waals surface area contributed by atoms with Crippen LogP contribution < -0.4 is 0 Å². The van der Waals surface area contributed by atoms with Gasteiger partial charge < -0.3 is 0 Å². The Labute approximate surface area is 426 Å². The first kappa shape index (κ1) is 65.8. The third kappa shape index (κ3) is 38.6. The SMILES string of the molecule is CCCCCCCC[P+](CCCCCCCC)(CCCCCCCC)C(Br)CCCCCCCCCCC(Br)[P+](CCCCCCCC)(CCCCCCCC)CCCCCCCC. The van der Waals surface area contributed by atoms with Crippen LogP contribution in [-0.2, 0) is 0 Å². The molecule has 386 valence electrons. The summed E-state index contributed by atoms with van der Waals surface area (Å²) < 4.78 is 1.66. The Morgan fingerprint density at radius 3 is 0.516 bits per heavy atom. The minimum absolute atomic E-state index is 0.831. The summed E-state index contributed by atoms with van der Waals surface area (Å²) in [6, 6.07) is 0. The molecule has 0 aromatic carbocycles. The molecule has 0 saturated heterocycles. The molecule has 0 aromatic rings. The largest absolute Gasteiger partial charge is 0.123 e. The maximum atomic E-state index is 4.55. The first-order chi connectivity index (χ1) is 31.4. The van der Waals surface area contributed by atoms with E-state index in [1.165, 1.54) is 295 Å². The molecule has 0 aliphatic carbocycles. The fourth-order valence-corrected chi connectivity index (χ4v) is 24.9. The molecule has 2 atom stereocenters. The monoisotopic (exact) mass is 1060 g/mol. The van der Waals surface area contributed by atoms with Gasteiger partial charge in [-0.25, -0.2) is 0 Å². The van der Waals surface area contributed by atoms with Crippen LogP contribution in [0.15, 0.2) is 0 Å². The molecule has 0 amide bonds. The van der Waals surface area contributed by atoms with Crippen molar-refractivity contribution in [2.45, 2.75) is 346 Å². The van der Waals surface area contributed by atoms with E-state index in [1.807, 2.05) is 0 Å². The maximum absolute atomic E-state index is 4.55. The number of hydrogen-bond acceptors (Lipinski definition) is 0. The normalized spacial score (nSPS) is 13.3. The summed E-state index contributed by atoms with van der Waals surface area (Å²) in [5.41, 5.74) is 0. The van der Waals surface area contributed by atoms with E-state index in [4.69, 9.17) is 0 Å². The van der Waals surface area contributed by atoms with Gasteiger partial charge in [-0.2, -0.15) is 0 Å². The molecule has 0 fully saturated rings. The van der Waals surface area contributed by atoms with Crippen molar-refractivity contribution >= 4 is 46.4 Å². The van der Waals surface area contributed by atoms with Gasteiger partial charge in [0.05, 0.1) is 37.0 Å². The zero-order valence-corrected chi connectivity index (χ0v) is 50.5. The molecule has 0 aliphatic rings. The fraction of sp³-hybridized carbons (Fsp3) is 1.00. The average Bonchev–Trinajstić information content (AvgIpc) is 3.30. The number of alkyl halides is 2. The van der Waals surface area contributed by atoms with Crippen LogP contribution in [0.25, 0.3) is 0 Å². The summed E-state index contributed by atoms with van der Waals surface area (Å²) in [6.45, 7) is 14.2. The summed E-state index contributed by atoms with van der Waals surface area (Å²) in [5.74, 6) is 0. The molecule has 0 N–H and O–H groups in total. The Morgan fingerprint density at radius 2 is 0.344 bits per heavy atom. The second-order valence-electron chi connectivity index (χ2n) is 21.7. The summed E-state index contributed by atoms with van der Waals surface area (Å²) in [6.07, 6.45) is 76.8. The maximum Gasteiger partial charge on any atom is 0.123 e. The van der Waals surface area contributed by atoms with Gasteiger partial charge in [0.25, 0.3) is 0 Å². The van der Waals surface area contributed by atoms with E-state index in [2.05, 4.69) is 73.4 Å². The second-order valence-corrected chi connectivity index (χ2v) is 34.1. The Balaban J connectivity index is 5.22. The molecule has 64 heavy (non-hydrogen) atoms. The van der Waals surface area contributed by atoms with Crippen LogP contribution in [0.2, 0.25) is 0 Å². The van der Waals surface area contributed by atoms with E-state index in [1.54, 1.807) is 37.0 Å². The van der Waals surface area contributed by atoms with E-state index in [-0.39, 0.29) is 0 Å². The molecule has 2 unspecified atom stereocenters. The van der Waals surface area contributed by atoms with E-state index in [0.29, 0.717) is 0 Å². The summed E-state index contributed by atoms with van der Waals surface area (Å²) in [4.78, 5) is 0. The smallest absolute Gasteiger partial charge is 0.0654 e. The molecule has 0 heterocycles. The van der Waals surface area contributed by atoms with Crippen LogP contribution in [0, 0.1) is 0 Å². The number of unbranched alkanes of at least 4 members (excludes halogenated alkanes) is 37. The molecular weight excluding hydrogens is 942 g/mol. The van der Waals surface area contributed by atoms with Crippen LogP contribution in [0.3, 0.4) is 0 Å². The molecule has 0 spiro atoms. The molecular formula is C60H124Br2P2+2. The number of halogens is 2. The summed E-state index contributed by atoms with van der Waals surface area (Å²) in [7, 11) is -1.94. The molecule has 0 radical (unpaired) electrons. The number of hydrogen-bond donors (Lipinski definition) is 0. The Kier molecular flexibility index (Phi) is 52.6. The minimum Gasteiger partial charge on any atom is -0.0654 e. The summed E-state index contributed by atoms with van der Waals surface area (Å²) in [5, 5.41) is 0. The highest BCUT2D eigenvalue weighted by Crippen LogP contribution is 2.69. The van der Waals surface area contributed by atoms with Crippen molar-refractivity contribution in [1.29, 1.82) is 0 Å². The van der Waals surface area contributed by atoms with Crippen molar-refractivity contribution in [3.05, 3.63) is 0 Å². The zero-order chi connectivity index (χ0) is 46.9. The molecule has 0 rings (SSSR count). The zero-order valence-electron chi connectivity index (χ0n) is 45.6. The van der Waals surface area contributed by atoms with Gasteiger partial charge in [-0.1, -0.05) is 234 Å². The average molecular weight is 1070 g/mol. The molecule has 0 aromatic heterocycles. The van der Waals surface area contributed by atoms with Crippen molar-refractivity contribution < 1.29 is 0 Å². The van der Waals surface area contributed by atoms with Crippen molar-refractivity contribution in [2.24, 2.45) is 0 Å². The van der Waals surface area contributed by atoms with Gasteiger partial charge in [0.1, 0.15) is 9.14 Å². The number of rotatable bonds is 55. The van der Waals surface area contributed by atoms with Crippen molar-refractivity contribution in [3.63, 3.8) is 0 Å². The van der Waals surface area contributed by atoms with Gasteiger partial charge in [-0.05, 0) is 135 Å². The Hall–Kier alpha value is 1.82. The van der Waals surface area contributed by atoms with Gasteiger partial charge in [-0.3, -0.25) is 0 Å². The Morgan fingerprint density at radius 1 is 0.203 bits per heavy atom. The standard InChI is InChI=1S/C60H124Br2P2/c1-7-13-19-25-37-45-53-63(54-46-38-26-20-14-8-2,55-47-39-27-21-15-9-3)59(61)51-43-35-33-31-32-34-36-44-52-60(62)64(56-48-40-28-22-16-10-4,57-49-41-29-23-17-11-5)58-50-42-30-24-18-12-6/h59-60H,7-58H2,1-6H3/q+2. The lowest BCUT2D eigenvalue weighted by molar-refractivity contribution is 0.559. The van der Waals surface area contributed by atoms with Gasteiger partial charge in [0, 0.05) is 14.5 Å². The molecule has 0 bridgehead atoms. The fourth-order valence-electron chi connectivity index (χ4n) is 11.0. The predicted molar refractivity (Wildman–Crippen MR) is 315 cm³/mol. The highest BCUT2D eigenvalue weighted by molar-refractivity contribution is 9.11. The predicted octanol–water partition coefficient (Wildman–Crippen LogP) is 24.5. The van der Waals surface area contributed by atoms with E-state index >= 15 is 0 Å². The third-order valence-electron chi connectivity index (χ3n) is 15.6. The highest BCUT2D eigenvalue weighted by atomic mass is 79.9. The summed E-state index contributed by atoms with van der Waals surface area (Å²) >= 11 is 9.09. The minimum atomic E-state index is -0.971. The van der Waals surface area contributed by atoms with Crippen LogP contribution in [0.5, 0.6) is 0 Å². The van der Waals surface area contributed by atoms with Gasteiger partial charge in [-0.15, -0.1) is 0 Å². The topological polar surface area (TPSA) is 0 Å². The van der Waals surface area contributed by atoms with Crippen molar-refractivity contribution in [2.75, 3.05) is 37.0 Å². The van der Waals surface area contributed by atoms with Crippen LogP contribution in [0.4, 0.5) is 0 Å². The molecule has 4 heteroatoms. The van der Waals surface area contributed by atoms with Crippen molar-refractivity contribution in [1.82, 2.24) is 0 Å². The second kappa shape index (κ2) is 51.2. The third-order valence-corrected chi connectivity index (χ3v) is 31.8. The van der Waals surface area contributed by atoms with E-state index < -0.39 is 14.5 Å². The molecule has 0 saturated carbocycles. The van der Waals surface area contributed by atoms with E-state index in [9.17, 15) is 0 Å². The lowest BCUT2D eigenvalue weighted by atomic mass is 10.1. The lowest BCUT2D eigenvalue weighted by Crippen LogP contribution is -2.18. The van der Waals surface area contributed by atoms with Crippen molar-refractivity contribution in [3.8, 4) is 0 Å². The van der Waals surface area contributed by atoms with Gasteiger partial charge in [0.2, 0.25) is 0 Å².